The fraction of sp³-hybridized carbons (Fsp3) is 0.360. The smallest absolute Gasteiger partial charge is 0.294 e. The molecule has 1 atom stereocenters. The van der Waals surface area contributed by atoms with Gasteiger partial charge in [0.05, 0.1) is 16.3 Å². The molecular weight excluding hydrogens is 439 g/mol. The van der Waals surface area contributed by atoms with Gasteiger partial charge in [0.15, 0.2) is 5.78 Å². The summed E-state index contributed by atoms with van der Waals surface area (Å²) < 4.78 is 40.2. The molecule has 0 spiro atoms. The minimum Gasteiger partial charge on any atom is -0.294 e. The summed E-state index contributed by atoms with van der Waals surface area (Å²) in [6.07, 6.45) is -3.90. The van der Waals surface area contributed by atoms with Gasteiger partial charge in [0.25, 0.3) is 0 Å². The number of alkyl halides is 3. The second-order valence-corrected chi connectivity index (χ2v) is 9.77. The third-order valence-corrected chi connectivity index (χ3v) is 6.42. The number of ketones is 1. The highest BCUT2D eigenvalue weighted by atomic mass is 35.5. The Kier molecular flexibility index (Phi) is 5.48. The Morgan fingerprint density at radius 2 is 1.78 bits per heavy atom. The molecule has 3 nitrogen and oxygen atoms in total. The van der Waals surface area contributed by atoms with Crippen molar-refractivity contribution < 1.29 is 22.8 Å². The van der Waals surface area contributed by atoms with E-state index in [0.29, 0.717) is 24.1 Å². The number of amides is 1. The average Bonchev–Trinajstić information content (AvgIpc) is 2.66. The summed E-state index contributed by atoms with van der Waals surface area (Å²) in [6.45, 7) is 5.77. The first-order valence-electron chi connectivity index (χ1n) is 10.4. The maximum absolute atomic E-state index is 13.4. The number of carbonyl (C=O) groups excluding carboxylic acids is 2. The summed E-state index contributed by atoms with van der Waals surface area (Å²) in [7, 11) is 0. The summed E-state index contributed by atoms with van der Waals surface area (Å²) in [4.78, 5) is 27.9. The van der Waals surface area contributed by atoms with Crippen molar-refractivity contribution in [2.75, 3.05) is 4.90 Å². The monoisotopic (exact) mass is 461 g/mol. The molecule has 7 heteroatoms. The van der Waals surface area contributed by atoms with E-state index in [-0.39, 0.29) is 28.8 Å². The highest BCUT2D eigenvalue weighted by molar-refractivity contribution is 6.34. The van der Waals surface area contributed by atoms with Crippen LogP contribution in [0.25, 0.3) is 0 Å². The van der Waals surface area contributed by atoms with E-state index in [1.165, 1.54) is 4.90 Å². The van der Waals surface area contributed by atoms with Gasteiger partial charge in [-0.25, -0.2) is 0 Å². The van der Waals surface area contributed by atoms with Gasteiger partial charge in [-0.3, -0.25) is 14.5 Å². The van der Waals surface area contributed by atoms with Crippen LogP contribution in [0.2, 0.25) is 5.02 Å². The normalized spacial score (nSPS) is 21.1. The number of nitrogens with zero attached hydrogens (tertiary/aromatic N) is 1. The number of benzene rings is 2. The number of rotatable bonds is 2. The molecular formula is C25H23ClF3NO2. The molecule has 0 saturated carbocycles. The molecule has 2 aromatic rings. The van der Waals surface area contributed by atoms with Gasteiger partial charge in [0.2, 0.25) is 5.91 Å². The van der Waals surface area contributed by atoms with Gasteiger partial charge in [0.1, 0.15) is 0 Å². The van der Waals surface area contributed by atoms with E-state index in [1.807, 2.05) is 45.0 Å². The van der Waals surface area contributed by atoms with Crippen LogP contribution in [0.4, 0.5) is 18.9 Å². The number of hydrogen-bond acceptors (Lipinski definition) is 2. The third kappa shape index (κ3) is 4.08. The number of anilines is 1. The van der Waals surface area contributed by atoms with Gasteiger partial charge >= 0.3 is 6.18 Å². The van der Waals surface area contributed by atoms with E-state index in [4.69, 9.17) is 11.6 Å². The second-order valence-electron chi connectivity index (χ2n) is 9.37. The molecule has 1 amide bonds. The number of halogens is 4. The molecule has 0 aromatic heterocycles. The summed E-state index contributed by atoms with van der Waals surface area (Å²) >= 11 is 6.29. The minimum atomic E-state index is -4.58. The quantitative estimate of drug-likeness (QED) is 0.491. The average molecular weight is 462 g/mol. The summed E-state index contributed by atoms with van der Waals surface area (Å²) in [5, 5.41) is 0.0306. The van der Waals surface area contributed by atoms with E-state index >= 15 is 0 Å². The zero-order chi connectivity index (χ0) is 23.4. The Bertz CT molecular complexity index is 1150. The van der Waals surface area contributed by atoms with Crippen LogP contribution in [-0.4, -0.2) is 11.7 Å². The van der Waals surface area contributed by atoms with Crippen molar-refractivity contribution in [3.05, 3.63) is 75.4 Å². The largest absolute Gasteiger partial charge is 0.416 e. The van der Waals surface area contributed by atoms with Crippen molar-refractivity contribution in [1.29, 1.82) is 0 Å². The molecule has 1 unspecified atom stereocenters. The SMILES string of the molecule is Cc1cccc(C2CC(=O)N(c3cc(C(F)(F)F)ccc3Cl)C3=C2C(=O)CC(C)(C)C3)c1. The molecule has 0 radical (unpaired) electrons. The van der Waals surface area contributed by atoms with Crippen LogP contribution < -0.4 is 4.90 Å². The Morgan fingerprint density at radius 3 is 2.44 bits per heavy atom. The maximum Gasteiger partial charge on any atom is 0.416 e. The molecule has 1 aliphatic heterocycles. The number of aryl methyl sites for hydroxylation is 1. The van der Waals surface area contributed by atoms with Gasteiger partial charge in [-0.15, -0.1) is 0 Å². The molecule has 2 aliphatic rings. The fourth-order valence-electron chi connectivity index (χ4n) is 4.73. The molecule has 4 rings (SSSR count). The van der Waals surface area contributed by atoms with Crippen molar-refractivity contribution in [3.63, 3.8) is 0 Å². The first-order chi connectivity index (χ1) is 14.9. The van der Waals surface area contributed by atoms with Gasteiger partial charge in [-0.05, 0) is 42.5 Å². The highest BCUT2D eigenvalue weighted by Crippen LogP contribution is 2.49. The van der Waals surface area contributed by atoms with Crippen LogP contribution in [0.5, 0.6) is 0 Å². The number of allylic oxidation sites excluding steroid dienone is 2. The van der Waals surface area contributed by atoms with Gasteiger partial charge in [0, 0.05) is 30.0 Å². The van der Waals surface area contributed by atoms with Gasteiger partial charge in [-0.1, -0.05) is 55.3 Å². The van der Waals surface area contributed by atoms with E-state index < -0.39 is 23.1 Å². The first-order valence-corrected chi connectivity index (χ1v) is 10.8. The van der Waals surface area contributed by atoms with Crippen molar-refractivity contribution in [2.24, 2.45) is 5.41 Å². The predicted molar refractivity (Wildman–Crippen MR) is 118 cm³/mol. The second kappa shape index (κ2) is 7.77. The number of hydrogen-bond donors (Lipinski definition) is 0. The first kappa shape index (κ1) is 22.6. The Labute approximate surface area is 189 Å². The summed E-state index contributed by atoms with van der Waals surface area (Å²) in [6, 6.07) is 10.6. The standard InChI is InChI=1S/C25H23ClF3NO2/c1-14-5-4-6-15(9-14)17-11-22(32)30(20-12-24(2,3)13-21(31)23(17)20)19-10-16(25(27,28)29)7-8-18(19)26/h4-10,17H,11-13H2,1-3H3. The van der Waals surface area contributed by atoms with E-state index in [0.717, 1.165) is 29.3 Å². The molecule has 168 valence electrons. The number of carbonyl (C=O) groups is 2. The molecule has 0 fully saturated rings. The van der Waals surface area contributed by atoms with Crippen molar-refractivity contribution in [3.8, 4) is 0 Å². The van der Waals surface area contributed by atoms with Crippen molar-refractivity contribution in [1.82, 2.24) is 0 Å². The fourth-order valence-corrected chi connectivity index (χ4v) is 4.93. The lowest BCUT2D eigenvalue weighted by Crippen LogP contribution is -2.44. The topological polar surface area (TPSA) is 37.4 Å². The maximum atomic E-state index is 13.4. The lowest BCUT2D eigenvalue weighted by Gasteiger charge is -2.43. The number of Topliss-reactive ketones (excluding diaryl/α,β-unsaturated/α-hetero) is 1. The predicted octanol–water partition coefficient (Wildman–Crippen LogP) is 6.83. The molecule has 32 heavy (non-hydrogen) atoms. The van der Waals surface area contributed by atoms with Crippen LogP contribution in [0.15, 0.2) is 53.7 Å². The molecule has 1 aliphatic carbocycles. The van der Waals surface area contributed by atoms with Gasteiger partial charge < -0.3 is 0 Å². The van der Waals surface area contributed by atoms with Crippen LogP contribution in [0.3, 0.4) is 0 Å². The van der Waals surface area contributed by atoms with Crippen LogP contribution in [0, 0.1) is 12.3 Å². The van der Waals surface area contributed by atoms with Crippen molar-refractivity contribution in [2.45, 2.75) is 52.1 Å². The molecule has 0 bridgehead atoms. The lowest BCUT2D eigenvalue weighted by molar-refractivity contribution is -0.137. The lowest BCUT2D eigenvalue weighted by atomic mass is 9.69. The van der Waals surface area contributed by atoms with Crippen molar-refractivity contribution >= 4 is 29.0 Å². The minimum absolute atomic E-state index is 0.0129. The Balaban J connectivity index is 1.94. The Morgan fingerprint density at radius 1 is 1.06 bits per heavy atom. The summed E-state index contributed by atoms with van der Waals surface area (Å²) in [5.74, 6) is -0.882. The molecule has 2 aromatic carbocycles. The van der Waals surface area contributed by atoms with E-state index in [2.05, 4.69) is 0 Å². The van der Waals surface area contributed by atoms with Crippen LogP contribution in [0.1, 0.15) is 55.7 Å². The zero-order valence-corrected chi connectivity index (χ0v) is 18.8. The molecule has 1 heterocycles. The molecule has 0 N–H and O–H groups in total. The summed E-state index contributed by atoms with van der Waals surface area (Å²) in [5.41, 5.74) is 1.45. The highest BCUT2D eigenvalue weighted by Gasteiger charge is 2.45. The van der Waals surface area contributed by atoms with Crippen LogP contribution >= 0.6 is 11.6 Å². The molecule has 0 saturated heterocycles. The third-order valence-electron chi connectivity index (χ3n) is 6.10. The Hall–Kier alpha value is -2.60. The zero-order valence-electron chi connectivity index (χ0n) is 18.0. The van der Waals surface area contributed by atoms with Crippen LogP contribution in [-0.2, 0) is 15.8 Å². The van der Waals surface area contributed by atoms with E-state index in [1.54, 1.807) is 0 Å². The van der Waals surface area contributed by atoms with E-state index in [9.17, 15) is 22.8 Å². The van der Waals surface area contributed by atoms with Gasteiger partial charge in [-0.2, -0.15) is 13.2 Å².